The number of carboxylic acid groups (broad SMARTS) is 1. The van der Waals surface area contributed by atoms with Gasteiger partial charge < -0.3 is 15.2 Å². The molecule has 1 aromatic rings. The zero-order chi connectivity index (χ0) is 10.6. The Morgan fingerprint density at radius 2 is 2.07 bits per heavy atom. The minimum absolute atomic E-state index is 0. The molecule has 0 heterocycles. The van der Waals surface area contributed by atoms with Crippen molar-refractivity contribution >= 4 is 18.4 Å². The normalized spacial score (nSPS) is 11.3. The SMILES string of the molecule is CNC(C(=O)O)c1ccccc1OC.Cl. The number of carbonyl (C=O) groups is 1. The topological polar surface area (TPSA) is 58.6 Å². The van der Waals surface area contributed by atoms with Gasteiger partial charge in [0, 0.05) is 5.56 Å². The number of halogens is 1. The van der Waals surface area contributed by atoms with Crippen molar-refractivity contribution in [3.63, 3.8) is 0 Å². The average molecular weight is 232 g/mol. The van der Waals surface area contributed by atoms with E-state index in [0.717, 1.165) is 0 Å². The fourth-order valence-corrected chi connectivity index (χ4v) is 1.32. The maximum absolute atomic E-state index is 10.9. The first kappa shape index (κ1) is 13.7. The highest BCUT2D eigenvalue weighted by atomic mass is 35.5. The van der Waals surface area contributed by atoms with Gasteiger partial charge in [-0.2, -0.15) is 0 Å². The predicted octanol–water partition coefficient (Wildman–Crippen LogP) is 1.46. The third kappa shape index (κ3) is 3.11. The van der Waals surface area contributed by atoms with Crippen molar-refractivity contribution in [3.05, 3.63) is 29.8 Å². The molecule has 15 heavy (non-hydrogen) atoms. The minimum atomic E-state index is -0.919. The molecule has 1 rings (SSSR count). The fraction of sp³-hybridized carbons (Fsp3) is 0.300. The van der Waals surface area contributed by atoms with Crippen LogP contribution in [-0.4, -0.2) is 25.2 Å². The molecule has 0 aliphatic heterocycles. The molecule has 2 N–H and O–H groups in total. The Balaban J connectivity index is 0.00000196. The van der Waals surface area contributed by atoms with Crippen molar-refractivity contribution in [2.24, 2.45) is 0 Å². The van der Waals surface area contributed by atoms with Crippen LogP contribution < -0.4 is 10.1 Å². The van der Waals surface area contributed by atoms with Crippen molar-refractivity contribution in [2.45, 2.75) is 6.04 Å². The van der Waals surface area contributed by atoms with Crippen LogP contribution in [0.2, 0.25) is 0 Å². The zero-order valence-corrected chi connectivity index (χ0v) is 9.38. The standard InChI is InChI=1S/C10H13NO3.ClH/c1-11-9(10(12)13)7-5-3-4-6-8(7)14-2;/h3-6,9,11H,1-2H3,(H,12,13);1H. The Labute approximate surface area is 94.7 Å². The summed E-state index contributed by atoms with van der Waals surface area (Å²) in [5.41, 5.74) is 0.630. The summed E-state index contributed by atoms with van der Waals surface area (Å²) in [4.78, 5) is 10.9. The van der Waals surface area contributed by atoms with Crippen molar-refractivity contribution in [3.8, 4) is 5.75 Å². The van der Waals surface area contributed by atoms with Gasteiger partial charge in [-0.15, -0.1) is 12.4 Å². The molecule has 0 bridgehead atoms. The maximum Gasteiger partial charge on any atom is 0.325 e. The maximum atomic E-state index is 10.9. The van der Waals surface area contributed by atoms with E-state index in [4.69, 9.17) is 9.84 Å². The van der Waals surface area contributed by atoms with Crippen LogP contribution in [0.4, 0.5) is 0 Å². The van der Waals surface area contributed by atoms with Gasteiger partial charge >= 0.3 is 5.97 Å². The quantitative estimate of drug-likeness (QED) is 0.824. The van der Waals surface area contributed by atoms with Gasteiger partial charge in [0.1, 0.15) is 11.8 Å². The molecule has 0 spiro atoms. The van der Waals surface area contributed by atoms with E-state index in [0.29, 0.717) is 11.3 Å². The first-order valence-electron chi connectivity index (χ1n) is 4.23. The molecule has 0 aromatic heterocycles. The molecular weight excluding hydrogens is 218 g/mol. The number of likely N-dealkylation sites (N-methyl/N-ethyl adjacent to an activating group) is 1. The third-order valence-corrected chi connectivity index (χ3v) is 1.99. The van der Waals surface area contributed by atoms with Gasteiger partial charge in [0.05, 0.1) is 7.11 Å². The van der Waals surface area contributed by atoms with Gasteiger partial charge in [-0.25, -0.2) is 0 Å². The summed E-state index contributed by atoms with van der Waals surface area (Å²) in [6.07, 6.45) is 0. The van der Waals surface area contributed by atoms with Crippen LogP contribution in [-0.2, 0) is 4.79 Å². The number of nitrogens with one attached hydrogen (secondary N) is 1. The summed E-state index contributed by atoms with van der Waals surface area (Å²) in [6.45, 7) is 0. The lowest BCUT2D eigenvalue weighted by Crippen LogP contribution is -2.25. The summed E-state index contributed by atoms with van der Waals surface area (Å²) >= 11 is 0. The molecule has 4 nitrogen and oxygen atoms in total. The number of benzene rings is 1. The number of aliphatic carboxylic acids is 1. The number of methoxy groups -OCH3 is 1. The lowest BCUT2D eigenvalue weighted by molar-refractivity contribution is -0.139. The third-order valence-electron chi connectivity index (χ3n) is 1.99. The predicted molar refractivity (Wildman–Crippen MR) is 59.7 cm³/mol. The van der Waals surface area contributed by atoms with E-state index in [2.05, 4.69) is 5.32 Å². The van der Waals surface area contributed by atoms with E-state index >= 15 is 0 Å². The Hall–Kier alpha value is -1.26. The van der Waals surface area contributed by atoms with Crippen LogP contribution in [0.3, 0.4) is 0 Å². The van der Waals surface area contributed by atoms with Gasteiger partial charge in [0.25, 0.3) is 0 Å². The van der Waals surface area contributed by atoms with Crippen molar-refractivity contribution in [1.82, 2.24) is 5.32 Å². The summed E-state index contributed by atoms with van der Waals surface area (Å²) < 4.78 is 5.07. The highest BCUT2D eigenvalue weighted by molar-refractivity contribution is 5.85. The summed E-state index contributed by atoms with van der Waals surface area (Å²) in [7, 11) is 3.12. The summed E-state index contributed by atoms with van der Waals surface area (Å²) in [5, 5.41) is 11.6. The molecule has 0 saturated carbocycles. The monoisotopic (exact) mass is 231 g/mol. The molecule has 1 atom stereocenters. The molecule has 0 fully saturated rings. The van der Waals surface area contributed by atoms with Crippen LogP contribution in [0.15, 0.2) is 24.3 Å². The van der Waals surface area contributed by atoms with Crippen LogP contribution in [0.25, 0.3) is 0 Å². The molecule has 1 unspecified atom stereocenters. The largest absolute Gasteiger partial charge is 0.496 e. The molecule has 0 radical (unpaired) electrons. The molecule has 84 valence electrons. The lowest BCUT2D eigenvalue weighted by atomic mass is 10.1. The van der Waals surface area contributed by atoms with Crippen LogP contribution in [0.5, 0.6) is 5.75 Å². The molecule has 0 amide bonds. The summed E-state index contributed by atoms with van der Waals surface area (Å²) in [5.74, 6) is -0.341. The van der Waals surface area contributed by atoms with Gasteiger partial charge in [0.15, 0.2) is 0 Å². The van der Waals surface area contributed by atoms with E-state index in [-0.39, 0.29) is 12.4 Å². The highest BCUT2D eigenvalue weighted by Crippen LogP contribution is 2.24. The van der Waals surface area contributed by atoms with Crippen molar-refractivity contribution in [2.75, 3.05) is 14.2 Å². The van der Waals surface area contributed by atoms with E-state index in [1.54, 1.807) is 31.3 Å². The average Bonchev–Trinajstić information content (AvgIpc) is 2.19. The number of rotatable bonds is 4. The van der Waals surface area contributed by atoms with Crippen LogP contribution in [0.1, 0.15) is 11.6 Å². The molecule has 1 aromatic carbocycles. The van der Waals surface area contributed by atoms with Gasteiger partial charge in [-0.3, -0.25) is 4.79 Å². The van der Waals surface area contributed by atoms with Gasteiger partial charge in [-0.05, 0) is 13.1 Å². The Morgan fingerprint density at radius 1 is 1.47 bits per heavy atom. The second kappa shape index (κ2) is 6.27. The molecule has 5 heteroatoms. The Kier molecular flexibility index (Phi) is 5.74. The molecule has 0 aliphatic carbocycles. The number of carboxylic acids is 1. The fourth-order valence-electron chi connectivity index (χ4n) is 1.32. The van der Waals surface area contributed by atoms with Crippen molar-refractivity contribution in [1.29, 1.82) is 0 Å². The van der Waals surface area contributed by atoms with Crippen molar-refractivity contribution < 1.29 is 14.6 Å². The van der Waals surface area contributed by atoms with E-state index in [9.17, 15) is 4.79 Å². The number of hydrogen-bond acceptors (Lipinski definition) is 3. The number of hydrogen-bond donors (Lipinski definition) is 2. The first-order chi connectivity index (χ1) is 6.70. The number of para-hydroxylation sites is 1. The van der Waals surface area contributed by atoms with Gasteiger partial charge in [-0.1, -0.05) is 18.2 Å². The van der Waals surface area contributed by atoms with E-state index < -0.39 is 12.0 Å². The lowest BCUT2D eigenvalue weighted by Gasteiger charge is -2.14. The molecular formula is C10H14ClNO3. The smallest absolute Gasteiger partial charge is 0.325 e. The van der Waals surface area contributed by atoms with Gasteiger partial charge in [0.2, 0.25) is 0 Å². The zero-order valence-electron chi connectivity index (χ0n) is 8.56. The second-order valence-electron chi connectivity index (χ2n) is 2.80. The highest BCUT2D eigenvalue weighted by Gasteiger charge is 2.20. The Morgan fingerprint density at radius 3 is 2.53 bits per heavy atom. The van der Waals surface area contributed by atoms with Crippen LogP contribution >= 0.6 is 12.4 Å². The van der Waals surface area contributed by atoms with Crippen LogP contribution in [0, 0.1) is 0 Å². The van der Waals surface area contributed by atoms with E-state index in [1.807, 2.05) is 0 Å². The molecule has 0 aliphatic rings. The summed E-state index contributed by atoms with van der Waals surface area (Å²) in [6, 6.07) is 6.32. The molecule has 0 saturated heterocycles. The first-order valence-corrected chi connectivity index (χ1v) is 4.23. The Bertz CT molecular complexity index is 330. The number of ether oxygens (including phenoxy) is 1. The van der Waals surface area contributed by atoms with E-state index in [1.165, 1.54) is 7.11 Å². The minimum Gasteiger partial charge on any atom is -0.496 e. The second-order valence-corrected chi connectivity index (χ2v) is 2.80.